The van der Waals surface area contributed by atoms with Crippen molar-refractivity contribution in [1.29, 1.82) is 0 Å². The molecule has 0 N–H and O–H groups in total. The van der Waals surface area contributed by atoms with Crippen molar-refractivity contribution >= 4 is 5.97 Å². The number of ether oxygens (including phenoxy) is 4. The number of methoxy groups -OCH3 is 1. The third-order valence-electron chi connectivity index (χ3n) is 7.68. The molecule has 1 heterocycles. The number of esters is 1. The lowest BCUT2D eigenvalue weighted by atomic mass is 10.0. The van der Waals surface area contributed by atoms with E-state index in [1.165, 1.54) is 36.0 Å². The first-order chi connectivity index (χ1) is 19.3. The number of piperidine rings is 1. The van der Waals surface area contributed by atoms with Gasteiger partial charge in [-0.2, -0.15) is 0 Å². The molecule has 1 saturated carbocycles. The molecule has 0 spiro atoms. The van der Waals surface area contributed by atoms with Gasteiger partial charge in [0.2, 0.25) is 0 Å². The van der Waals surface area contributed by atoms with Gasteiger partial charge in [0.1, 0.15) is 11.4 Å². The molecule has 40 heavy (non-hydrogen) atoms. The van der Waals surface area contributed by atoms with Crippen molar-refractivity contribution in [3.8, 4) is 16.9 Å². The fourth-order valence-corrected chi connectivity index (χ4v) is 5.67. The molecule has 1 saturated heterocycles. The van der Waals surface area contributed by atoms with E-state index in [9.17, 15) is 4.79 Å². The molecule has 0 bridgehead atoms. The Balaban J connectivity index is 1.30. The van der Waals surface area contributed by atoms with Crippen molar-refractivity contribution in [1.82, 2.24) is 4.90 Å². The number of nitrogens with zero attached hydrogens (tertiary/aromatic N) is 1. The van der Waals surface area contributed by atoms with E-state index in [1.807, 2.05) is 45.1 Å². The molecule has 2 aliphatic rings. The summed E-state index contributed by atoms with van der Waals surface area (Å²) in [5, 5.41) is 0. The number of hydrogen-bond acceptors (Lipinski definition) is 6. The lowest BCUT2D eigenvalue weighted by Crippen LogP contribution is -2.47. The van der Waals surface area contributed by atoms with Crippen LogP contribution < -0.4 is 4.74 Å². The molecule has 0 aromatic heterocycles. The molecule has 3 atom stereocenters. The summed E-state index contributed by atoms with van der Waals surface area (Å²) >= 11 is 0. The normalized spacial score (nSPS) is 22.1. The zero-order valence-electron chi connectivity index (χ0n) is 24.8. The van der Waals surface area contributed by atoms with Gasteiger partial charge in [0.25, 0.3) is 0 Å². The van der Waals surface area contributed by atoms with Crippen LogP contribution in [0.25, 0.3) is 11.1 Å². The van der Waals surface area contributed by atoms with Gasteiger partial charge in [-0.25, -0.2) is 0 Å². The van der Waals surface area contributed by atoms with Gasteiger partial charge in [-0.3, -0.25) is 9.69 Å². The highest BCUT2D eigenvalue weighted by atomic mass is 16.6. The maximum absolute atomic E-state index is 12.0. The van der Waals surface area contributed by atoms with Crippen molar-refractivity contribution in [2.45, 2.75) is 96.2 Å². The molecule has 218 valence electrons. The predicted octanol–water partition coefficient (Wildman–Crippen LogP) is 6.96. The number of likely N-dealkylation sites (tertiary alicyclic amines) is 1. The average Bonchev–Trinajstić information content (AvgIpc) is 3.36. The molecule has 2 aromatic rings. The Morgan fingerprint density at radius 2 is 1.57 bits per heavy atom. The maximum atomic E-state index is 12.0. The van der Waals surface area contributed by atoms with Gasteiger partial charge in [0, 0.05) is 12.5 Å². The maximum Gasteiger partial charge on any atom is 0.306 e. The van der Waals surface area contributed by atoms with Crippen molar-refractivity contribution in [2.75, 3.05) is 26.8 Å². The Hall–Kier alpha value is -2.67. The fraction of sp³-hybridized carbons (Fsp3) is 0.559. The minimum Gasteiger partial charge on any atom is -0.497 e. The van der Waals surface area contributed by atoms with E-state index in [0.717, 1.165) is 31.7 Å². The predicted molar refractivity (Wildman–Crippen MR) is 159 cm³/mol. The number of allylic oxidation sites excluding steroid dienone is 1. The van der Waals surface area contributed by atoms with Crippen LogP contribution in [0.15, 0.2) is 60.7 Å². The SMILES string of the molecule is COc1ccc(-c2ccc(CO[C@@H]3CC[C@@H](N4CCCCC4)C3OC/C=C\CCC(=O)OC(C)(C)C)cc2)cc1. The minimum atomic E-state index is -0.441. The standard InChI is InChI=1S/C34H47NO5/c1-34(2,3)40-32(36)11-7-5-10-24-38-33-30(35-22-8-6-9-23-35)20-21-31(33)39-25-26-12-14-27(15-13-26)28-16-18-29(37-4)19-17-28/h5,10,12-19,30-31,33H,6-9,11,20-25H2,1-4H3/b10-5-/t30-,31-,33?/m1/s1. The number of hydrogen-bond donors (Lipinski definition) is 0. The molecule has 6 heteroatoms. The van der Waals surface area contributed by atoms with Gasteiger partial charge in [-0.1, -0.05) is 55.0 Å². The summed E-state index contributed by atoms with van der Waals surface area (Å²) in [4.78, 5) is 14.6. The second-order valence-electron chi connectivity index (χ2n) is 11.9. The van der Waals surface area contributed by atoms with Crippen LogP contribution in [0.5, 0.6) is 5.75 Å². The smallest absolute Gasteiger partial charge is 0.306 e. The zero-order valence-corrected chi connectivity index (χ0v) is 24.8. The van der Waals surface area contributed by atoms with Gasteiger partial charge in [0.15, 0.2) is 0 Å². The number of benzene rings is 2. The molecule has 0 radical (unpaired) electrons. The molecule has 1 aliphatic heterocycles. The molecule has 1 unspecified atom stereocenters. The monoisotopic (exact) mass is 549 g/mol. The van der Waals surface area contributed by atoms with Gasteiger partial charge in [-0.15, -0.1) is 0 Å². The van der Waals surface area contributed by atoms with Crippen LogP contribution in [0, 0.1) is 0 Å². The first-order valence-corrected chi connectivity index (χ1v) is 14.9. The van der Waals surface area contributed by atoms with Crippen LogP contribution in [0.4, 0.5) is 0 Å². The summed E-state index contributed by atoms with van der Waals surface area (Å²) in [6.45, 7) is 9.08. The Bertz CT molecular complexity index is 1070. The number of rotatable bonds is 12. The first-order valence-electron chi connectivity index (χ1n) is 14.9. The molecule has 2 aromatic carbocycles. The van der Waals surface area contributed by atoms with Crippen LogP contribution in [0.1, 0.15) is 71.3 Å². The van der Waals surface area contributed by atoms with Crippen LogP contribution in [0.2, 0.25) is 0 Å². The van der Waals surface area contributed by atoms with Gasteiger partial charge in [0.05, 0.1) is 32.5 Å². The average molecular weight is 550 g/mol. The quantitative estimate of drug-likeness (QED) is 0.211. The van der Waals surface area contributed by atoms with Gasteiger partial charge < -0.3 is 18.9 Å². The molecule has 0 amide bonds. The van der Waals surface area contributed by atoms with Gasteiger partial charge >= 0.3 is 5.97 Å². The molecule has 4 rings (SSSR count). The zero-order chi connectivity index (χ0) is 28.4. The molecule has 6 nitrogen and oxygen atoms in total. The van der Waals surface area contributed by atoms with E-state index < -0.39 is 5.60 Å². The van der Waals surface area contributed by atoms with E-state index in [4.69, 9.17) is 18.9 Å². The molecular weight excluding hydrogens is 502 g/mol. The lowest BCUT2D eigenvalue weighted by Gasteiger charge is -2.36. The topological polar surface area (TPSA) is 57.2 Å². The Morgan fingerprint density at radius 3 is 2.23 bits per heavy atom. The second kappa shape index (κ2) is 14.8. The summed E-state index contributed by atoms with van der Waals surface area (Å²) in [5.41, 5.74) is 3.07. The van der Waals surface area contributed by atoms with Crippen molar-refractivity contribution in [2.24, 2.45) is 0 Å². The summed E-state index contributed by atoms with van der Waals surface area (Å²) < 4.78 is 23.6. The highest BCUT2D eigenvalue weighted by Crippen LogP contribution is 2.32. The lowest BCUT2D eigenvalue weighted by molar-refractivity contribution is -0.154. The molecular formula is C34H47NO5. The first kappa shape index (κ1) is 30.3. The summed E-state index contributed by atoms with van der Waals surface area (Å²) in [6, 6.07) is 17.2. The van der Waals surface area contributed by atoms with E-state index in [0.29, 0.717) is 32.1 Å². The van der Waals surface area contributed by atoms with E-state index in [2.05, 4.69) is 41.3 Å². The van der Waals surface area contributed by atoms with E-state index >= 15 is 0 Å². The van der Waals surface area contributed by atoms with Crippen LogP contribution in [-0.2, 0) is 25.6 Å². The Morgan fingerprint density at radius 1 is 0.900 bits per heavy atom. The highest BCUT2D eigenvalue weighted by molar-refractivity contribution is 5.70. The largest absolute Gasteiger partial charge is 0.497 e. The Labute approximate surface area is 240 Å². The highest BCUT2D eigenvalue weighted by Gasteiger charge is 2.41. The molecule has 2 fully saturated rings. The molecule has 1 aliphatic carbocycles. The number of carbonyl (C=O) groups excluding carboxylic acids is 1. The number of carbonyl (C=O) groups is 1. The van der Waals surface area contributed by atoms with E-state index in [1.54, 1.807) is 7.11 Å². The Kier molecular flexibility index (Phi) is 11.2. The van der Waals surface area contributed by atoms with Gasteiger partial charge in [-0.05, 0) is 94.8 Å². The van der Waals surface area contributed by atoms with Crippen molar-refractivity contribution in [3.05, 3.63) is 66.2 Å². The second-order valence-corrected chi connectivity index (χ2v) is 11.9. The van der Waals surface area contributed by atoms with Crippen molar-refractivity contribution < 1.29 is 23.7 Å². The van der Waals surface area contributed by atoms with Crippen LogP contribution in [-0.4, -0.2) is 61.5 Å². The van der Waals surface area contributed by atoms with Crippen molar-refractivity contribution in [3.63, 3.8) is 0 Å². The summed E-state index contributed by atoms with van der Waals surface area (Å²) in [6.07, 6.45) is 11.2. The van der Waals surface area contributed by atoms with Crippen LogP contribution in [0.3, 0.4) is 0 Å². The minimum absolute atomic E-state index is 0.0483. The van der Waals surface area contributed by atoms with Crippen LogP contribution >= 0.6 is 0 Å². The third kappa shape index (κ3) is 9.18. The van der Waals surface area contributed by atoms with E-state index in [-0.39, 0.29) is 18.2 Å². The summed E-state index contributed by atoms with van der Waals surface area (Å²) in [7, 11) is 1.68. The summed E-state index contributed by atoms with van der Waals surface area (Å²) in [5.74, 6) is 0.700. The fourth-order valence-electron chi connectivity index (χ4n) is 5.67. The third-order valence-corrected chi connectivity index (χ3v) is 7.68.